The van der Waals surface area contributed by atoms with Crippen LogP contribution in [0, 0.1) is 5.92 Å². The molecule has 0 aliphatic carbocycles. The normalized spacial score (nSPS) is 19.7. The van der Waals surface area contributed by atoms with E-state index in [1.807, 2.05) is 7.05 Å². The van der Waals surface area contributed by atoms with Crippen LogP contribution in [0.1, 0.15) is 19.8 Å². The van der Waals surface area contributed by atoms with Crippen molar-refractivity contribution >= 4 is 32.9 Å². The molecule has 3 heterocycles. The molecule has 0 amide bonds. The number of hydrogen-bond acceptors (Lipinski definition) is 6. The number of aromatic nitrogens is 2. The quantitative estimate of drug-likeness (QED) is 0.940. The van der Waals surface area contributed by atoms with Crippen LogP contribution in [0.25, 0.3) is 11.4 Å². The van der Waals surface area contributed by atoms with E-state index in [0.29, 0.717) is 0 Å². The second kappa shape index (κ2) is 5.46. The zero-order valence-corrected chi connectivity index (χ0v) is 12.9. The molecule has 3 rings (SSSR count). The lowest BCUT2D eigenvalue weighted by atomic mass is 10.0. The molecule has 1 unspecified atom stereocenters. The molecule has 4 nitrogen and oxygen atoms in total. The highest BCUT2D eigenvalue weighted by Gasteiger charge is 2.19. The van der Waals surface area contributed by atoms with Crippen LogP contribution in [0.2, 0.25) is 0 Å². The highest BCUT2D eigenvalue weighted by molar-refractivity contribution is 7.14. The summed E-state index contributed by atoms with van der Waals surface area (Å²) >= 11 is 3.35. The van der Waals surface area contributed by atoms with Crippen LogP contribution in [0.3, 0.4) is 0 Å². The molecular formula is C13H18N4S2. The Balaban J connectivity index is 1.78. The Hall–Kier alpha value is -1.14. The van der Waals surface area contributed by atoms with Crippen LogP contribution >= 0.6 is 22.7 Å². The van der Waals surface area contributed by atoms with Crippen molar-refractivity contribution in [1.29, 1.82) is 0 Å². The fourth-order valence-corrected chi connectivity index (χ4v) is 3.92. The van der Waals surface area contributed by atoms with Gasteiger partial charge in [0.2, 0.25) is 0 Å². The van der Waals surface area contributed by atoms with Crippen molar-refractivity contribution in [2.75, 3.05) is 30.4 Å². The first-order valence-corrected chi connectivity index (χ1v) is 8.36. The van der Waals surface area contributed by atoms with Crippen LogP contribution in [-0.4, -0.2) is 30.1 Å². The summed E-state index contributed by atoms with van der Waals surface area (Å²) in [7, 11) is 1.89. The molecule has 1 aliphatic rings. The molecule has 1 N–H and O–H groups in total. The van der Waals surface area contributed by atoms with Crippen LogP contribution in [0.5, 0.6) is 0 Å². The lowest BCUT2D eigenvalue weighted by Gasteiger charge is -2.30. The molecule has 1 saturated heterocycles. The summed E-state index contributed by atoms with van der Waals surface area (Å²) in [5.41, 5.74) is 1.97. The number of rotatable bonds is 3. The van der Waals surface area contributed by atoms with E-state index in [-0.39, 0.29) is 0 Å². The Bertz CT molecular complexity index is 548. The van der Waals surface area contributed by atoms with Gasteiger partial charge in [0.05, 0.1) is 0 Å². The van der Waals surface area contributed by atoms with E-state index in [2.05, 4.69) is 32.9 Å². The van der Waals surface area contributed by atoms with Crippen molar-refractivity contribution in [3.8, 4) is 11.4 Å². The fourth-order valence-electron chi connectivity index (χ4n) is 2.40. The minimum atomic E-state index is 0.774. The van der Waals surface area contributed by atoms with Gasteiger partial charge in [-0.25, -0.2) is 9.97 Å². The molecule has 102 valence electrons. The summed E-state index contributed by atoms with van der Waals surface area (Å²) in [6, 6.07) is 0. The number of piperidine rings is 1. The van der Waals surface area contributed by atoms with E-state index < -0.39 is 0 Å². The summed E-state index contributed by atoms with van der Waals surface area (Å²) in [5, 5.41) is 9.32. The van der Waals surface area contributed by atoms with Crippen LogP contribution < -0.4 is 10.2 Å². The lowest BCUT2D eigenvalue weighted by Crippen LogP contribution is -2.34. The van der Waals surface area contributed by atoms with Crippen molar-refractivity contribution < 1.29 is 0 Å². The highest BCUT2D eigenvalue weighted by Crippen LogP contribution is 2.31. The van der Waals surface area contributed by atoms with Gasteiger partial charge in [0.25, 0.3) is 0 Å². The van der Waals surface area contributed by atoms with Gasteiger partial charge in [-0.15, -0.1) is 22.7 Å². The average molecular weight is 294 g/mol. The molecule has 1 aliphatic heterocycles. The van der Waals surface area contributed by atoms with Crippen molar-refractivity contribution in [3.63, 3.8) is 0 Å². The number of nitrogens with zero attached hydrogens (tertiary/aromatic N) is 3. The fraction of sp³-hybridized carbons (Fsp3) is 0.538. The van der Waals surface area contributed by atoms with Gasteiger partial charge >= 0.3 is 0 Å². The van der Waals surface area contributed by atoms with Gasteiger partial charge in [-0.05, 0) is 18.8 Å². The third kappa shape index (κ3) is 2.74. The Kier molecular flexibility index (Phi) is 3.70. The molecule has 0 radical (unpaired) electrons. The van der Waals surface area contributed by atoms with Crippen molar-refractivity contribution in [1.82, 2.24) is 9.97 Å². The molecule has 6 heteroatoms. The molecule has 0 saturated carbocycles. The standard InChI is InChI=1S/C13H18N4S2/c1-9-4-3-5-17(6-9)13-16-11(8-19-13)10-7-18-12(14-2)15-10/h7-9H,3-6H2,1-2H3,(H,14,15). The zero-order valence-electron chi connectivity index (χ0n) is 11.2. The van der Waals surface area contributed by atoms with Gasteiger partial charge in [-0.2, -0.15) is 0 Å². The zero-order chi connectivity index (χ0) is 13.2. The summed E-state index contributed by atoms with van der Waals surface area (Å²) in [5.74, 6) is 0.774. The SMILES string of the molecule is CNc1nc(-c2csc(N3CCCC(C)C3)n2)cs1. The summed E-state index contributed by atoms with van der Waals surface area (Å²) in [6.07, 6.45) is 2.61. The van der Waals surface area contributed by atoms with E-state index in [1.165, 1.54) is 12.8 Å². The predicted molar refractivity (Wildman–Crippen MR) is 83.4 cm³/mol. The molecule has 1 atom stereocenters. The molecule has 2 aromatic heterocycles. The van der Waals surface area contributed by atoms with E-state index in [1.54, 1.807) is 22.7 Å². The second-order valence-electron chi connectivity index (χ2n) is 5.00. The Morgan fingerprint density at radius 1 is 1.26 bits per heavy atom. The van der Waals surface area contributed by atoms with E-state index in [4.69, 9.17) is 4.98 Å². The number of thiazole rings is 2. The van der Waals surface area contributed by atoms with Gasteiger partial charge in [0, 0.05) is 30.9 Å². The monoisotopic (exact) mass is 294 g/mol. The average Bonchev–Trinajstić information content (AvgIpc) is 3.07. The maximum atomic E-state index is 4.75. The third-order valence-corrected chi connectivity index (χ3v) is 5.16. The number of hydrogen-bond donors (Lipinski definition) is 1. The van der Waals surface area contributed by atoms with E-state index in [0.717, 1.165) is 40.7 Å². The van der Waals surface area contributed by atoms with Crippen LogP contribution in [0.4, 0.5) is 10.3 Å². The topological polar surface area (TPSA) is 41.1 Å². The summed E-state index contributed by atoms with van der Waals surface area (Å²) in [4.78, 5) is 11.7. The lowest BCUT2D eigenvalue weighted by molar-refractivity contribution is 0.446. The minimum absolute atomic E-state index is 0.774. The summed E-state index contributed by atoms with van der Waals surface area (Å²) < 4.78 is 0. The van der Waals surface area contributed by atoms with Gasteiger partial charge in [0.1, 0.15) is 11.4 Å². The molecule has 0 bridgehead atoms. The Labute approximate surface area is 121 Å². The van der Waals surface area contributed by atoms with E-state index in [9.17, 15) is 0 Å². The predicted octanol–water partition coefficient (Wildman–Crippen LogP) is 3.54. The molecule has 0 spiro atoms. The molecule has 1 fully saturated rings. The van der Waals surface area contributed by atoms with E-state index >= 15 is 0 Å². The molecule has 2 aromatic rings. The van der Waals surface area contributed by atoms with Crippen molar-refractivity contribution in [2.45, 2.75) is 19.8 Å². The third-order valence-electron chi connectivity index (χ3n) is 3.40. The second-order valence-corrected chi connectivity index (χ2v) is 6.69. The highest BCUT2D eigenvalue weighted by atomic mass is 32.1. The molecule has 19 heavy (non-hydrogen) atoms. The largest absolute Gasteiger partial charge is 0.365 e. The smallest absolute Gasteiger partial charge is 0.185 e. The van der Waals surface area contributed by atoms with Gasteiger partial charge in [0.15, 0.2) is 10.3 Å². The van der Waals surface area contributed by atoms with Crippen molar-refractivity contribution in [2.24, 2.45) is 5.92 Å². The van der Waals surface area contributed by atoms with Crippen LogP contribution in [-0.2, 0) is 0 Å². The van der Waals surface area contributed by atoms with Crippen molar-refractivity contribution in [3.05, 3.63) is 10.8 Å². The Morgan fingerprint density at radius 3 is 2.79 bits per heavy atom. The maximum absolute atomic E-state index is 4.75. The Morgan fingerprint density at radius 2 is 2.05 bits per heavy atom. The maximum Gasteiger partial charge on any atom is 0.185 e. The minimum Gasteiger partial charge on any atom is -0.365 e. The number of nitrogens with one attached hydrogen (secondary N) is 1. The molecular weight excluding hydrogens is 276 g/mol. The first kappa shape index (κ1) is 12.9. The molecule has 0 aromatic carbocycles. The first-order chi connectivity index (χ1) is 9.26. The first-order valence-electron chi connectivity index (χ1n) is 6.60. The summed E-state index contributed by atoms with van der Waals surface area (Å²) in [6.45, 7) is 4.59. The van der Waals surface area contributed by atoms with Gasteiger partial charge < -0.3 is 10.2 Å². The van der Waals surface area contributed by atoms with Gasteiger partial charge in [-0.3, -0.25) is 0 Å². The van der Waals surface area contributed by atoms with Crippen LogP contribution in [0.15, 0.2) is 10.8 Å². The number of anilines is 2. The van der Waals surface area contributed by atoms with Gasteiger partial charge in [-0.1, -0.05) is 6.92 Å².